The fraction of sp³-hybridized carbons (Fsp3) is 0.929. The first kappa shape index (κ1) is 13.8. The predicted octanol–water partition coefficient (Wildman–Crippen LogP) is 1.10. The molecule has 2 aliphatic rings. The second-order valence-electron chi connectivity index (χ2n) is 6.20. The van der Waals surface area contributed by atoms with Crippen LogP contribution < -0.4 is 11.1 Å². The van der Waals surface area contributed by atoms with Crippen molar-refractivity contribution in [1.82, 2.24) is 10.2 Å². The zero-order valence-electron chi connectivity index (χ0n) is 11.7. The number of carbonyl (C=O) groups is 1. The van der Waals surface area contributed by atoms with Gasteiger partial charge in [-0.25, -0.2) is 0 Å². The molecule has 1 saturated heterocycles. The lowest BCUT2D eigenvalue weighted by Gasteiger charge is -2.37. The molecule has 2 fully saturated rings. The van der Waals surface area contributed by atoms with Crippen LogP contribution in [0.1, 0.15) is 46.0 Å². The number of hydrogen-bond donors (Lipinski definition) is 2. The van der Waals surface area contributed by atoms with Gasteiger partial charge in [-0.1, -0.05) is 6.92 Å². The minimum Gasteiger partial charge on any atom is -0.368 e. The van der Waals surface area contributed by atoms with E-state index in [1.807, 2.05) is 0 Å². The van der Waals surface area contributed by atoms with Crippen LogP contribution in [0.15, 0.2) is 0 Å². The minimum atomic E-state index is -0.195. The average molecular weight is 253 g/mol. The molecule has 2 rings (SSSR count). The number of primary amides is 1. The zero-order chi connectivity index (χ0) is 13.1. The quantitative estimate of drug-likeness (QED) is 0.745. The van der Waals surface area contributed by atoms with Crippen molar-refractivity contribution in [2.45, 2.75) is 64.1 Å². The Bertz CT molecular complexity index is 291. The van der Waals surface area contributed by atoms with Gasteiger partial charge in [-0.2, -0.15) is 0 Å². The largest absolute Gasteiger partial charge is 0.368 e. The molecule has 1 heterocycles. The molecule has 3 atom stereocenters. The summed E-state index contributed by atoms with van der Waals surface area (Å²) >= 11 is 0. The molecule has 0 aromatic rings. The molecule has 104 valence electrons. The van der Waals surface area contributed by atoms with Crippen molar-refractivity contribution in [3.05, 3.63) is 0 Å². The molecule has 0 aromatic carbocycles. The third-order valence-corrected chi connectivity index (χ3v) is 4.34. The van der Waals surface area contributed by atoms with Gasteiger partial charge in [-0.05, 0) is 51.5 Å². The molecule has 4 nitrogen and oxygen atoms in total. The van der Waals surface area contributed by atoms with E-state index >= 15 is 0 Å². The van der Waals surface area contributed by atoms with Gasteiger partial charge in [0.25, 0.3) is 0 Å². The number of nitrogens with one attached hydrogen (secondary N) is 1. The van der Waals surface area contributed by atoms with E-state index in [0.29, 0.717) is 12.1 Å². The molecule has 0 spiro atoms. The third-order valence-electron chi connectivity index (χ3n) is 4.34. The fourth-order valence-corrected chi connectivity index (χ4v) is 2.93. The van der Waals surface area contributed by atoms with Gasteiger partial charge in [0.05, 0.1) is 6.04 Å². The van der Waals surface area contributed by atoms with E-state index in [2.05, 4.69) is 24.1 Å². The molecule has 3 N–H and O–H groups in total. The lowest BCUT2D eigenvalue weighted by Crippen LogP contribution is -2.47. The van der Waals surface area contributed by atoms with E-state index in [0.717, 1.165) is 25.4 Å². The van der Waals surface area contributed by atoms with Crippen molar-refractivity contribution >= 4 is 5.91 Å². The van der Waals surface area contributed by atoms with E-state index in [9.17, 15) is 4.79 Å². The third kappa shape index (κ3) is 3.95. The predicted molar refractivity (Wildman–Crippen MR) is 73.2 cm³/mol. The molecule has 4 heteroatoms. The first-order valence-electron chi connectivity index (χ1n) is 7.35. The van der Waals surface area contributed by atoms with Gasteiger partial charge in [0.2, 0.25) is 5.91 Å². The highest BCUT2D eigenvalue weighted by molar-refractivity contribution is 5.79. The number of rotatable bonds is 6. The van der Waals surface area contributed by atoms with Crippen LogP contribution >= 0.6 is 0 Å². The Hall–Kier alpha value is -0.610. The maximum atomic E-state index is 11.4. The SMILES string of the molecule is CC1CCN(CCC(NC2CC2)C(N)=O)C(C)C1. The standard InChI is InChI=1S/C14H27N3O/c1-10-5-7-17(11(2)9-10)8-6-13(14(15)18)16-12-3-4-12/h10-13,16H,3-9H2,1-2H3,(H2,15,18). The molecule has 0 aromatic heterocycles. The summed E-state index contributed by atoms with van der Waals surface area (Å²) in [6, 6.07) is 1.05. The summed E-state index contributed by atoms with van der Waals surface area (Å²) in [5, 5.41) is 3.35. The number of hydrogen-bond acceptors (Lipinski definition) is 3. The summed E-state index contributed by atoms with van der Waals surface area (Å²) < 4.78 is 0. The Labute approximate surface area is 110 Å². The van der Waals surface area contributed by atoms with Crippen LogP contribution in [0.25, 0.3) is 0 Å². The van der Waals surface area contributed by atoms with E-state index in [4.69, 9.17) is 5.73 Å². The number of nitrogens with zero attached hydrogens (tertiary/aromatic N) is 1. The van der Waals surface area contributed by atoms with Gasteiger partial charge >= 0.3 is 0 Å². The summed E-state index contributed by atoms with van der Waals surface area (Å²) in [4.78, 5) is 13.9. The summed E-state index contributed by atoms with van der Waals surface area (Å²) in [6.07, 6.45) is 5.80. The van der Waals surface area contributed by atoms with Crippen LogP contribution in [0.4, 0.5) is 0 Å². The Morgan fingerprint density at radius 1 is 1.39 bits per heavy atom. The van der Waals surface area contributed by atoms with Gasteiger partial charge in [0.15, 0.2) is 0 Å². The van der Waals surface area contributed by atoms with Crippen molar-refractivity contribution < 1.29 is 4.79 Å². The summed E-state index contributed by atoms with van der Waals surface area (Å²) in [5.74, 6) is 0.646. The highest BCUT2D eigenvalue weighted by Crippen LogP contribution is 2.23. The first-order chi connectivity index (χ1) is 8.56. The van der Waals surface area contributed by atoms with Crippen LogP contribution in [0, 0.1) is 5.92 Å². The van der Waals surface area contributed by atoms with E-state index in [1.165, 1.54) is 25.7 Å². The van der Waals surface area contributed by atoms with Crippen molar-refractivity contribution in [1.29, 1.82) is 0 Å². The molecule has 1 aliphatic heterocycles. The summed E-state index contributed by atoms with van der Waals surface area (Å²) in [7, 11) is 0. The lowest BCUT2D eigenvalue weighted by molar-refractivity contribution is -0.120. The molecular formula is C14H27N3O. The Morgan fingerprint density at radius 2 is 2.11 bits per heavy atom. The molecule has 1 aliphatic carbocycles. The van der Waals surface area contributed by atoms with E-state index < -0.39 is 0 Å². The molecule has 1 amide bonds. The summed E-state index contributed by atoms with van der Waals surface area (Å²) in [6.45, 7) is 6.77. The van der Waals surface area contributed by atoms with Crippen LogP contribution in [-0.2, 0) is 4.79 Å². The van der Waals surface area contributed by atoms with Crippen molar-refractivity contribution in [3.8, 4) is 0 Å². The Morgan fingerprint density at radius 3 is 2.67 bits per heavy atom. The van der Waals surface area contributed by atoms with Crippen LogP contribution in [0.2, 0.25) is 0 Å². The number of amides is 1. The Kier molecular flexibility index (Phi) is 4.62. The Balaban J connectivity index is 1.75. The van der Waals surface area contributed by atoms with Crippen molar-refractivity contribution in [3.63, 3.8) is 0 Å². The molecule has 1 saturated carbocycles. The highest BCUT2D eigenvalue weighted by Gasteiger charge is 2.28. The topological polar surface area (TPSA) is 58.4 Å². The second-order valence-corrected chi connectivity index (χ2v) is 6.20. The smallest absolute Gasteiger partial charge is 0.234 e. The maximum Gasteiger partial charge on any atom is 0.234 e. The zero-order valence-corrected chi connectivity index (χ0v) is 11.7. The highest BCUT2D eigenvalue weighted by atomic mass is 16.1. The van der Waals surface area contributed by atoms with Gasteiger partial charge in [-0.15, -0.1) is 0 Å². The molecular weight excluding hydrogens is 226 g/mol. The molecule has 0 radical (unpaired) electrons. The van der Waals surface area contributed by atoms with Crippen molar-refractivity contribution in [2.75, 3.05) is 13.1 Å². The average Bonchev–Trinajstić information content (AvgIpc) is 3.09. The molecule has 0 bridgehead atoms. The fourth-order valence-electron chi connectivity index (χ4n) is 2.93. The van der Waals surface area contributed by atoms with Crippen LogP contribution in [0.3, 0.4) is 0 Å². The lowest BCUT2D eigenvalue weighted by atomic mass is 9.93. The number of piperidine rings is 1. The number of likely N-dealkylation sites (tertiary alicyclic amines) is 1. The normalized spacial score (nSPS) is 31.2. The number of nitrogens with two attached hydrogens (primary N) is 1. The van der Waals surface area contributed by atoms with Crippen LogP contribution in [0.5, 0.6) is 0 Å². The summed E-state index contributed by atoms with van der Waals surface area (Å²) in [5.41, 5.74) is 5.47. The second kappa shape index (κ2) is 6.02. The van der Waals surface area contributed by atoms with E-state index in [-0.39, 0.29) is 11.9 Å². The van der Waals surface area contributed by atoms with E-state index in [1.54, 1.807) is 0 Å². The first-order valence-corrected chi connectivity index (χ1v) is 7.35. The van der Waals surface area contributed by atoms with Crippen molar-refractivity contribution in [2.24, 2.45) is 11.7 Å². The molecule has 18 heavy (non-hydrogen) atoms. The van der Waals surface area contributed by atoms with Gasteiger partial charge < -0.3 is 16.0 Å². The maximum absolute atomic E-state index is 11.4. The van der Waals surface area contributed by atoms with Gasteiger partial charge in [0, 0.05) is 18.6 Å². The monoisotopic (exact) mass is 253 g/mol. The number of carbonyl (C=O) groups excluding carboxylic acids is 1. The van der Waals surface area contributed by atoms with Gasteiger partial charge in [0.1, 0.15) is 0 Å². The minimum absolute atomic E-state index is 0.135. The molecule has 3 unspecified atom stereocenters. The van der Waals surface area contributed by atoms with Gasteiger partial charge in [-0.3, -0.25) is 4.79 Å². The van der Waals surface area contributed by atoms with Crippen LogP contribution in [-0.4, -0.2) is 42.0 Å².